The van der Waals surface area contributed by atoms with E-state index < -0.39 is 46.5 Å². The molecular formula is C15H8BrF6NO3. The zero-order valence-corrected chi connectivity index (χ0v) is 13.9. The molecule has 3 rings (SSSR count). The molecule has 0 bridgehead atoms. The third kappa shape index (κ3) is 2.48. The molecule has 11 heteroatoms. The largest absolute Gasteiger partial charge is 0.455 e. The van der Waals surface area contributed by atoms with Crippen LogP contribution in [0.5, 0.6) is 11.5 Å². The van der Waals surface area contributed by atoms with E-state index in [-0.39, 0.29) is 5.75 Å². The summed E-state index contributed by atoms with van der Waals surface area (Å²) in [6, 6.07) is 2.32. The molecule has 0 aliphatic heterocycles. The Morgan fingerprint density at radius 1 is 1.08 bits per heavy atom. The number of aromatic nitrogens is 1. The Bertz CT molecular complexity index is 874. The molecule has 140 valence electrons. The second kappa shape index (κ2) is 5.83. The van der Waals surface area contributed by atoms with Crippen LogP contribution in [0.1, 0.15) is 23.1 Å². The fraction of sp³-hybridized carbons (Fsp3) is 0.267. The standard InChI is InChI=1S/C15H8BrF6NO3/c16-6-3-7(5-23-4-6)26-9-2-1-8-11(10(9)12(17)18)14(24,25)15(21,22)13(8,19)20/h1-5,12,24-25H. The number of ether oxygens (including phenoxy) is 1. The van der Waals surface area contributed by atoms with Gasteiger partial charge in [0.25, 0.3) is 12.2 Å². The van der Waals surface area contributed by atoms with Gasteiger partial charge in [0.15, 0.2) is 0 Å². The number of nitrogens with zero attached hydrogens (tertiary/aromatic N) is 1. The monoisotopic (exact) mass is 443 g/mol. The van der Waals surface area contributed by atoms with Gasteiger partial charge in [-0.15, -0.1) is 0 Å². The SMILES string of the molecule is OC1(O)c2c(ccc(Oc3cncc(Br)c3)c2C(F)F)C(F)(F)C1(F)F. The van der Waals surface area contributed by atoms with Gasteiger partial charge >= 0.3 is 11.8 Å². The van der Waals surface area contributed by atoms with Gasteiger partial charge in [-0.3, -0.25) is 4.98 Å². The number of hydrogen-bond acceptors (Lipinski definition) is 4. The Balaban J connectivity index is 2.23. The van der Waals surface area contributed by atoms with Crippen LogP contribution in [0.4, 0.5) is 26.3 Å². The number of aliphatic hydroxyl groups is 2. The Morgan fingerprint density at radius 3 is 2.31 bits per heavy atom. The van der Waals surface area contributed by atoms with Crippen LogP contribution in [0.3, 0.4) is 0 Å². The normalized spacial score (nSPS) is 19.5. The maximum atomic E-state index is 13.9. The fourth-order valence-corrected chi connectivity index (χ4v) is 3.01. The first-order valence-electron chi connectivity index (χ1n) is 6.86. The molecular weight excluding hydrogens is 436 g/mol. The summed E-state index contributed by atoms with van der Waals surface area (Å²) in [7, 11) is 0. The van der Waals surface area contributed by atoms with Crippen LogP contribution in [0.15, 0.2) is 35.1 Å². The lowest BCUT2D eigenvalue weighted by atomic mass is 9.98. The predicted molar refractivity (Wildman–Crippen MR) is 78.4 cm³/mol. The van der Waals surface area contributed by atoms with Crippen molar-refractivity contribution in [1.29, 1.82) is 0 Å². The number of rotatable bonds is 3. The summed E-state index contributed by atoms with van der Waals surface area (Å²) in [6.45, 7) is 0. The zero-order chi connectivity index (χ0) is 19.5. The molecule has 4 nitrogen and oxygen atoms in total. The smallest absolute Gasteiger partial charge is 0.371 e. The second-order valence-corrected chi connectivity index (χ2v) is 6.38. The maximum Gasteiger partial charge on any atom is 0.371 e. The highest BCUT2D eigenvalue weighted by molar-refractivity contribution is 9.10. The number of fused-ring (bicyclic) bond motifs is 1. The Labute approximate surface area is 150 Å². The van der Waals surface area contributed by atoms with Gasteiger partial charge in [-0.1, -0.05) is 0 Å². The van der Waals surface area contributed by atoms with E-state index in [1.807, 2.05) is 0 Å². The van der Waals surface area contributed by atoms with Crippen LogP contribution >= 0.6 is 15.9 Å². The van der Waals surface area contributed by atoms with Crippen LogP contribution in [-0.2, 0) is 11.7 Å². The summed E-state index contributed by atoms with van der Waals surface area (Å²) < 4.78 is 87.9. The van der Waals surface area contributed by atoms with Gasteiger partial charge in [-0.2, -0.15) is 17.6 Å². The quantitative estimate of drug-likeness (QED) is 0.543. The molecule has 1 aliphatic carbocycles. The minimum absolute atomic E-state index is 0.112. The van der Waals surface area contributed by atoms with Gasteiger partial charge in [-0.25, -0.2) is 8.78 Å². The molecule has 1 aromatic carbocycles. The van der Waals surface area contributed by atoms with E-state index in [9.17, 15) is 36.6 Å². The van der Waals surface area contributed by atoms with Crippen LogP contribution in [-0.4, -0.2) is 21.1 Å². The van der Waals surface area contributed by atoms with Crippen molar-refractivity contribution in [1.82, 2.24) is 4.98 Å². The Hall–Kier alpha value is -1.85. The van der Waals surface area contributed by atoms with Crippen molar-refractivity contribution in [3.8, 4) is 11.5 Å². The molecule has 0 radical (unpaired) electrons. The van der Waals surface area contributed by atoms with E-state index in [0.717, 1.165) is 6.20 Å². The van der Waals surface area contributed by atoms with Crippen molar-refractivity contribution in [2.75, 3.05) is 0 Å². The highest BCUT2D eigenvalue weighted by Crippen LogP contribution is 2.62. The van der Waals surface area contributed by atoms with E-state index in [2.05, 4.69) is 20.9 Å². The first-order valence-corrected chi connectivity index (χ1v) is 7.65. The fourth-order valence-electron chi connectivity index (χ4n) is 2.66. The van der Waals surface area contributed by atoms with Crippen LogP contribution in [0.2, 0.25) is 0 Å². The molecule has 1 heterocycles. The van der Waals surface area contributed by atoms with Crippen molar-refractivity contribution < 1.29 is 41.3 Å². The first-order chi connectivity index (χ1) is 11.9. The average molecular weight is 444 g/mol. The lowest BCUT2D eigenvalue weighted by Crippen LogP contribution is -2.49. The van der Waals surface area contributed by atoms with Crippen molar-refractivity contribution >= 4 is 15.9 Å². The molecule has 0 unspecified atom stereocenters. The molecule has 2 aromatic rings. The summed E-state index contributed by atoms with van der Waals surface area (Å²) >= 11 is 3.05. The molecule has 1 aliphatic rings. The number of pyridine rings is 1. The second-order valence-electron chi connectivity index (χ2n) is 5.46. The summed E-state index contributed by atoms with van der Waals surface area (Å²) in [4.78, 5) is 3.70. The van der Waals surface area contributed by atoms with E-state index in [0.29, 0.717) is 16.6 Å². The van der Waals surface area contributed by atoms with Crippen molar-refractivity contribution in [2.45, 2.75) is 24.1 Å². The van der Waals surface area contributed by atoms with Gasteiger partial charge in [0.05, 0.1) is 11.8 Å². The van der Waals surface area contributed by atoms with Crippen molar-refractivity contribution in [3.63, 3.8) is 0 Å². The molecule has 2 N–H and O–H groups in total. The summed E-state index contributed by atoms with van der Waals surface area (Å²) in [5.74, 6) is -15.9. The average Bonchev–Trinajstić information content (AvgIpc) is 2.63. The van der Waals surface area contributed by atoms with Gasteiger partial charge in [0, 0.05) is 21.8 Å². The number of benzene rings is 1. The minimum Gasteiger partial charge on any atom is -0.455 e. The summed E-state index contributed by atoms with van der Waals surface area (Å²) in [5.41, 5.74) is -4.75. The number of hydrogen-bond donors (Lipinski definition) is 2. The van der Waals surface area contributed by atoms with E-state index in [1.165, 1.54) is 12.3 Å². The van der Waals surface area contributed by atoms with E-state index in [1.54, 1.807) is 0 Å². The molecule has 0 saturated carbocycles. The van der Waals surface area contributed by atoms with Gasteiger partial charge in [0.2, 0.25) is 0 Å². The number of halogens is 7. The number of alkyl halides is 6. The van der Waals surface area contributed by atoms with E-state index in [4.69, 9.17) is 4.74 Å². The van der Waals surface area contributed by atoms with Crippen molar-refractivity contribution in [2.24, 2.45) is 0 Å². The minimum atomic E-state index is -5.41. The highest BCUT2D eigenvalue weighted by Gasteiger charge is 2.77. The predicted octanol–water partition coefficient (Wildman–Crippen LogP) is 4.45. The van der Waals surface area contributed by atoms with Gasteiger partial charge < -0.3 is 14.9 Å². The molecule has 0 atom stereocenters. The van der Waals surface area contributed by atoms with Crippen molar-refractivity contribution in [3.05, 3.63) is 51.8 Å². The molecule has 0 spiro atoms. The third-order valence-corrected chi connectivity index (χ3v) is 4.28. The lowest BCUT2D eigenvalue weighted by Gasteiger charge is -2.28. The van der Waals surface area contributed by atoms with E-state index >= 15 is 0 Å². The lowest BCUT2D eigenvalue weighted by molar-refractivity contribution is -0.358. The van der Waals surface area contributed by atoms with Crippen LogP contribution < -0.4 is 4.74 Å². The highest BCUT2D eigenvalue weighted by atomic mass is 79.9. The molecule has 0 fully saturated rings. The topological polar surface area (TPSA) is 62.6 Å². The molecule has 26 heavy (non-hydrogen) atoms. The van der Waals surface area contributed by atoms with Gasteiger partial charge in [-0.05, 0) is 34.1 Å². The maximum absolute atomic E-state index is 13.9. The Kier molecular flexibility index (Phi) is 4.24. The van der Waals surface area contributed by atoms with Gasteiger partial charge in [0.1, 0.15) is 11.5 Å². The third-order valence-electron chi connectivity index (χ3n) is 3.85. The molecule has 0 saturated heterocycles. The molecule has 1 aromatic heterocycles. The van der Waals surface area contributed by atoms with Crippen LogP contribution in [0, 0.1) is 0 Å². The van der Waals surface area contributed by atoms with Crippen LogP contribution in [0.25, 0.3) is 0 Å². The summed E-state index contributed by atoms with van der Waals surface area (Å²) in [6.07, 6.45) is -1.16. The first kappa shape index (κ1) is 18.9. The summed E-state index contributed by atoms with van der Waals surface area (Å²) in [5, 5.41) is 19.2. The zero-order valence-electron chi connectivity index (χ0n) is 12.4. The molecule has 0 amide bonds. The Morgan fingerprint density at radius 2 is 1.73 bits per heavy atom.